The van der Waals surface area contributed by atoms with E-state index in [-0.39, 0.29) is 0 Å². The summed E-state index contributed by atoms with van der Waals surface area (Å²) in [4.78, 5) is 27.0. The number of fused-ring (bicyclic) bond motifs is 18. The first kappa shape index (κ1) is 64.0. The fraction of sp³-hybridized carbons (Fsp3) is 0.258. The highest BCUT2D eigenvalue weighted by molar-refractivity contribution is 5.83. The molecule has 6 aliphatic rings. The van der Waals surface area contributed by atoms with Crippen molar-refractivity contribution in [1.29, 1.82) is 0 Å². The molecule has 0 N–H and O–H groups in total. The number of pyridine rings is 6. The largest absolute Gasteiger partial charge is 0.261 e. The number of hydrogen-bond acceptors (Lipinski definition) is 6. The van der Waals surface area contributed by atoms with Crippen molar-refractivity contribution in [3.05, 3.63) is 315 Å². The van der Waals surface area contributed by atoms with Crippen LogP contribution >= 0.6 is 0 Å². The molecule has 0 saturated heterocycles. The van der Waals surface area contributed by atoms with Crippen molar-refractivity contribution in [3.63, 3.8) is 0 Å². The van der Waals surface area contributed by atoms with Gasteiger partial charge in [0, 0.05) is 104 Å². The predicted molar refractivity (Wildman–Crippen MR) is 395 cm³/mol. The Hall–Kier alpha value is -9.78. The van der Waals surface area contributed by atoms with E-state index < -0.39 is 0 Å². The molecule has 0 spiro atoms. The van der Waals surface area contributed by atoms with Crippen LogP contribution in [-0.2, 0) is 38.5 Å². The van der Waals surface area contributed by atoms with Crippen molar-refractivity contribution < 1.29 is 0 Å². The fourth-order valence-corrected chi connectivity index (χ4v) is 15.3. The van der Waals surface area contributed by atoms with Gasteiger partial charge in [0.05, 0.1) is 0 Å². The number of benzene rings is 6. The second-order valence-electron chi connectivity index (χ2n) is 27.5. The Balaban J connectivity index is 0.000000103. The Morgan fingerprint density at radius 3 is 1.19 bits per heavy atom. The molecule has 0 aliphatic heterocycles. The van der Waals surface area contributed by atoms with E-state index >= 15 is 0 Å². The fourth-order valence-electron chi connectivity index (χ4n) is 15.3. The molecule has 6 aromatic carbocycles. The van der Waals surface area contributed by atoms with E-state index in [1.54, 1.807) is 0 Å². The van der Waals surface area contributed by atoms with Crippen LogP contribution < -0.4 is 0 Å². The van der Waals surface area contributed by atoms with Gasteiger partial charge in [0.1, 0.15) is 0 Å². The standard InChI is InChI=1S/5C15H15N.C14H13N/c1-9-4-5-13-12(6-9)7-14-10(2)11(3)16-8-15(13)14;1-9-4-5-12-7-13-10(2)11(3)16-8-15(13)14(12)6-9;1-9-5-4-6-12-13(9)7-14-10(2)11(3)16-8-15(12)14;1-9-5-4-6-12-7-13-10(2)11(3)16-8-14(13)15(9)12;1-9-10(2)16-11(3)15-13-7-5-4-6-12(13)8-14(9)15;1-9-10(2)15-8-14-12-6-4-3-5-11(12)7-13(9)14/h4*4-6,8H,7H2,1-3H3;4-7H,8H2,1-3H3;3-6,8H,7H2,1-2H3. The number of rotatable bonds is 0. The Labute approximate surface area is 564 Å². The van der Waals surface area contributed by atoms with E-state index in [4.69, 9.17) is 0 Å². The van der Waals surface area contributed by atoms with Crippen molar-refractivity contribution >= 4 is 0 Å². The van der Waals surface area contributed by atoms with E-state index in [0.717, 1.165) is 67.0 Å². The van der Waals surface area contributed by atoms with Crippen molar-refractivity contribution in [2.45, 2.75) is 156 Å². The zero-order chi connectivity index (χ0) is 66.8. The maximum atomic E-state index is 4.64. The van der Waals surface area contributed by atoms with Crippen molar-refractivity contribution in [2.75, 3.05) is 0 Å². The molecule has 0 radical (unpaired) electrons. The zero-order valence-corrected chi connectivity index (χ0v) is 58.9. The van der Waals surface area contributed by atoms with Gasteiger partial charge in [-0.25, -0.2) is 0 Å². The van der Waals surface area contributed by atoms with Crippen LogP contribution in [0, 0.1) is 118 Å². The second-order valence-corrected chi connectivity index (χ2v) is 27.5. The van der Waals surface area contributed by atoms with Gasteiger partial charge >= 0.3 is 0 Å². The van der Waals surface area contributed by atoms with Gasteiger partial charge in [0.25, 0.3) is 0 Å². The summed E-state index contributed by atoms with van der Waals surface area (Å²) in [6, 6.07) is 43.8. The Morgan fingerprint density at radius 2 is 0.600 bits per heavy atom. The minimum absolute atomic E-state index is 1.07. The Bertz CT molecular complexity index is 5090. The van der Waals surface area contributed by atoms with Gasteiger partial charge in [-0.1, -0.05) is 132 Å². The first-order valence-corrected chi connectivity index (χ1v) is 33.9. The topological polar surface area (TPSA) is 77.3 Å². The summed E-state index contributed by atoms with van der Waals surface area (Å²) in [5.41, 5.74) is 55.5. The third-order valence-corrected chi connectivity index (χ3v) is 21.8. The molecule has 0 atom stereocenters. The molecule has 0 amide bonds. The molecule has 95 heavy (non-hydrogen) atoms. The molecule has 0 fully saturated rings. The van der Waals surface area contributed by atoms with Crippen LogP contribution in [-0.4, -0.2) is 29.9 Å². The maximum Gasteiger partial charge on any atom is 0.0457 e. The van der Waals surface area contributed by atoms with E-state index in [1.165, 1.54) is 201 Å². The van der Waals surface area contributed by atoms with Crippen LogP contribution in [0.25, 0.3) is 66.8 Å². The van der Waals surface area contributed by atoms with Gasteiger partial charge in [-0.3, -0.25) is 29.9 Å². The molecule has 474 valence electrons. The number of aryl methyl sites for hydroxylation is 11. The highest BCUT2D eigenvalue weighted by atomic mass is 14.7. The highest BCUT2D eigenvalue weighted by Crippen LogP contribution is 2.45. The third kappa shape index (κ3) is 11.8. The van der Waals surface area contributed by atoms with Gasteiger partial charge < -0.3 is 0 Å². The predicted octanol–water partition coefficient (Wildman–Crippen LogP) is 21.2. The average Bonchev–Trinajstić information content (AvgIpc) is 1.68. The molecule has 12 aromatic rings. The van der Waals surface area contributed by atoms with Gasteiger partial charge in [0.15, 0.2) is 0 Å². The lowest BCUT2D eigenvalue weighted by Crippen LogP contribution is -1.97. The van der Waals surface area contributed by atoms with Crippen LogP contribution in [0.3, 0.4) is 0 Å². The van der Waals surface area contributed by atoms with Crippen molar-refractivity contribution in [1.82, 2.24) is 29.9 Å². The van der Waals surface area contributed by atoms with Crippen LogP contribution in [0.5, 0.6) is 0 Å². The summed E-state index contributed by atoms with van der Waals surface area (Å²) < 4.78 is 0. The molecule has 6 nitrogen and oxygen atoms in total. The van der Waals surface area contributed by atoms with Crippen molar-refractivity contribution in [3.8, 4) is 66.8 Å². The summed E-state index contributed by atoms with van der Waals surface area (Å²) in [7, 11) is 0. The zero-order valence-electron chi connectivity index (χ0n) is 58.9. The maximum absolute atomic E-state index is 4.64. The lowest BCUT2D eigenvalue weighted by Gasteiger charge is -2.10. The first-order valence-electron chi connectivity index (χ1n) is 33.9. The quantitative estimate of drug-likeness (QED) is 0.151. The van der Waals surface area contributed by atoms with Gasteiger partial charge in [-0.05, 0) is 301 Å². The molecule has 0 saturated carbocycles. The summed E-state index contributed by atoms with van der Waals surface area (Å²) in [5, 5.41) is 0. The monoisotopic (exact) mass is 1240 g/mol. The van der Waals surface area contributed by atoms with E-state index in [0.29, 0.717) is 0 Å². The van der Waals surface area contributed by atoms with Gasteiger partial charge in [-0.2, -0.15) is 0 Å². The molecule has 6 heterocycles. The number of hydrogen-bond donors (Lipinski definition) is 0. The molecule has 0 unspecified atom stereocenters. The number of aromatic nitrogens is 6. The molecule has 6 aromatic heterocycles. The summed E-state index contributed by atoms with van der Waals surface area (Å²) in [6.45, 7) is 36.4. The average molecular weight is 1240 g/mol. The van der Waals surface area contributed by atoms with Crippen molar-refractivity contribution in [2.24, 2.45) is 0 Å². The van der Waals surface area contributed by atoms with E-state index in [2.05, 4.69) is 269 Å². The Kier molecular flexibility index (Phi) is 17.4. The minimum Gasteiger partial charge on any atom is -0.261 e. The number of nitrogens with zero attached hydrogens (tertiary/aromatic N) is 6. The summed E-state index contributed by atoms with van der Waals surface area (Å²) in [6.07, 6.45) is 16.6. The van der Waals surface area contributed by atoms with Gasteiger partial charge in [-0.15, -0.1) is 0 Å². The normalized spacial score (nSPS) is 12.4. The third-order valence-electron chi connectivity index (χ3n) is 21.8. The first-order chi connectivity index (χ1) is 45.6. The highest BCUT2D eigenvalue weighted by Gasteiger charge is 2.28. The molecular formula is C89H88N6. The SMILES string of the molecule is Cc1ccc2c(c1)-c1cnc(C)c(C)c1C2.Cc1ccc2c(c1)Cc1c-2cnc(C)c1C.Cc1cccc2c1-c1cnc(C)c(C)c1C2.Cc1cccc2c1Cc1c-2cnc(C)c1C.Cc1nc(C)c2c(c1C)Cc1ccccc1-2.Cc1ncc2c(c1C)Cc1ccccc1-2. The molecule has 18 rings (SSSR count). The summed E-state index contributed by atoms with van der Waals surface area (Å²) >= 11 is 0. The second kappa shape index (κ2) is 25.8. The van der Waals surface area contributed by atoms with E-state index in [9.17, 15) is 0 Å². The minimum atomic E-state index is 1.07. The molecule has 6 heteroatoms. The van der Waals surface area contributed by atoms with E-state index in [1.807, 2.05) is 31.0 Å². The molecular weight excluding hydrogens is 1150 g/mol. The molecule has 6 aliphatic carbocycles. The Morgan fingerprint density at radius 1 is 0.221 bits per heavy atom. The molecule has 0 bridgehead atoms. The van der Waals surface area contributed by atoms with Crippen LogP contribution in [0.1, 0.15) is 162 Å². The van der Waals surface area contributed by atoms with Gasteiger partial charge in [0.2, 0.25) is 0 Å². The summed E-state index contributed by atoms with van der Waals surface area (Å²) in [5.74, 6) is 0. The smallest absolute Gasteiger partial charge is 0.0457 e. The lowest BCUT2D eigenvalue weighted by molar-refractivity contribution is 1.06. The van der Waals surface area contributed by atoms with Crippen LogP contribution in [0.2, 0.25) is 0 Å². The van der Waals surface area contributed by atoms with Crippen LogP contribution in [0.15, 0.2) is 152 Å². The lowest BCUT2D eigenvalue weighted by atomic mass is 10.0. The van der Waals surface area contributed by atoms with Crippen LogP contribution in [0.4, 0.5) is 0 Å².